The van der Waals surface area contributed by atoms with E-state index in [1.54, 1.807) is 0 Å². The summed E-state index contributed by atoms with van der Waals surface area (Å²) in [6, 6.07) is 21.9. The number of pyridine rings is 1. The van der Waals surface area contributed by atoms with Gasteiger partial charge in [-0.2, -0.15) is 0 Å². The van der Waals surface area contributed by atoms with Gasteiger partial charge in [-0.05, 0) is 60.1 Å². The Hall–Kier alpha value is -2.61. The first-order valence-corrected chi connectivity index (χ1v) is 10.9. The molecule has 0 radical (unpaired) electrons. The van der Waals surface area contributed by atoms with E-state index in [9.17, 15) is 0 Å². The molecule has 0 saturated heterocycles. The van der Waals surface area contributed by atoms with Crippen LogP contribution in [0, 0.1) is 5.41 Å². The molecule has 4 rings (SSSR count). The number of fused-ring (bicyclic) bond motifs is 3. The Morgan fingerprint density at radius 1 is 0.931 bits per heavy atom. The molecule has 0 bridgehead atoms. The molecule has 2 nitrogen and oxygen atoms in total. The molecule has 29 heavy (non-hydrogen) atoms. The largest absolute Gasteiger partial charge is 0.308 e. The van der Waals surface area contributed by atoms with Gasteiger partial charge in [-0.15, -0.1) is 0 Å². The van der Waals surface area contributed by atoms with Gasteiger partial charge < -0.3 is 4.57 Å². The van der Waals surface area contributed by atoms with E-state index < -0.39 is 0 Å². The molecule has 2 heterocycles. The van der Waals surface area contributed by atoms with Gasteiger partial charge in [-0.1, -0.05) is 70.9 Å². The second-order valence-corrected chi connectivity index (χ2v) is 9.19. The van der Waals surface area contributed by atoms with E-state index in [0.717, 1.165) is 11.0 Å². The highest BCUT2D eigenvalue weighted by Gasteiger charge is 2.21. The maximum Gasteiger partial charge on any atom is 0.0963 e. The quantitative estimate of drug-likeness (QED) is 0.317. The Bertz CT molecular complexity index is 1050. The first-order valence-electron chi connectivity index (χ1n) is 10.9. The van der Waals surface area contributed by atoms with Crippen molar-refractivity contribution >= 4 is 21.9 Å². The second kappa shape index (κ2) is 8.02. The highest BCUT2D eigenvalue weighted by Crippen LogP contribution is 2.36. The Morgan fingerprint density at radius 3 is 2.41 bits per heavy atom. The maximum absolute atomic E-state index is 4.65. The Labute approximate surface area is 174 Å². The van der Waals surface area contributed by atoms with Crippen molar-refractivity contribution in [2.24, 2.45) is 5.41 Å². The zero-order valence-corrected chi connectivity index (χ0v) is 18.2. The first-order chi connectivity index (χ1) is 14.0. The van der Waals surface area contributed by atoms with Crippen LogP contribution in [0.5, 0.6) is 0 Å². The molecule has 0 aliphatic rings. The molecule has 1 unspecified atom stereocenters. The number of rotatable bonds is 7. The average molecular weight is 385 g/mol. The van der Waals surface area contributed by atoms with E-state index in [2.05, 4.69) is 91.8 Å². The van der Waals surface area contributed by atoms with E-state index in [0.29, 0.717) is 11.3 Å². The number of nitrogens with zero attached hydrogens (tertiary/aromatic N) is 2. The minimum Gasteiger partial charge on any atom is -0.308 e. The van der Waals surface area contributed by atoms with Crippen molar-refractivity contribution < 1.29 is 0 Å². The van der Waals surface area contributed by atoms with Crippen LogP contribution >= 0.6 is 0 Å². The van der Waals surface area contributed by atoms with Crippen molar-refractivity contribution in [2.45, 2.75) is 59.3 Å². The lowest BCUT2D eigenvalue weighted by Crippen LogP contribution is -2.14. The van der Waals surface area contributed by atoms with Crippen LogP contribution < -0.4 is 0 Å². The summed E-state index contributed by atoms with van der Waals surface area (Å²) >= 11 is 0. The van der Waals surface area contributed by atoms with Crippen molar-refractivity contribution in [3.63, 3.8) is 0 Å². The van der Waals surface area contributed by atoms with Gasteiger partial charge in [-0.3, -0.25) is 4.98 Å². The van der Waals surface area contributed by atoms with E-state index in [1.165, 1.54) is 47.8 Å². The number of aromatic nitrogens is 2. The van der Waals surface area contributed by atoms with Crippen molar-refractivity contribution in [3.8, 4) is 5.69 Å². The molecule has 0 N–H and O–H groups in total. The van der Waals surface area contributed by atoms with Crippen LogP contribution in [0.15, 0.2) is 66.9 Å². The molecule has 0 spiro atoms. The smallest absolute Gasteiger partial charge is 0.0963 e. The van der Waals surface area contributed by atoms with E-state index >= 15 is 0 Å². The number of hydrogen-bond donors (Lipinski definition) is 0. The Balaban J connectivity index is 1.66. The van der Waals surface area contributed by atoms with Gasteiger partial charge >= 0.3 is 0 Å². The zero-order chi connectivity index (χ0) is 20.4. The van der Waals surface area contributed by atoms with Crippen LogP contribution in [0.4, 0.5) is 0 Å². The average Bonchev–Trinajstić information content (AvgIpc) is 3.07. The lowest BCUT2D eigenvalue weighted by molar-refractivity contribution is 0.278. The summed E-state index contributed by atoms with van der Waals surface area (Å²) in [5.74, 6) is 0.565. The highest BCUT2D eigenvalue weighted by atomic mass is 15.0. The van der Waals surface area contributed by atoms with Gasteiger partial charge in [0.2, 0.25) is 0 Å². The van der Waals surface area contributed by atoms with E-state index in [1.807, 2.05) is 12.3 Å². The summed E-state index contributed by atoms with van der Waals surface area (Å²) in [6.07, 6.45) is 7.01. The fraction of sp³-hybridized carbons (Fsp3) is 0.370. The van der Waals surface area contributed by atoms with Crippen LogP contribution in [0.3, 0.4) is 0 Å². The third-order valence-electron chi connectivity index (χ3n) is 6.21. The molecule has 0 aliphatic heterocycles. The van der Waals surface area contributed by atoms with Crippen molar-refractivity contribution in [2.75, 3.05) is 0 Å². The summed E-state index contributed by atoms with van der Waals surface area (Å²) in [4.78, 5) is 4.65. The molecular formula is C27H32N2. The summed E-state index contributed by atoms with van der Waals surface area (Å²) in [5.41, 5.74) is 6.46. The molecule has 4 aromatic rings. The van der Waals surface area contributed by atoms with Gasteiger partial charge in [0.25, 0.3) is 0 Å². The minimum absolute atomic E-state index is 0.395. The van der Waals surface area contributed by atoms with Gasteiger partial charge in [0.15, 0.2) is 0 Å². The number of benzene rings is 2. The van der Waals surface area contributed by atoms with Gasteiger partial charge in [0.1, 0.15) is 0 Å². The Morgan fingerprint density at radius 2 is 1.66 bits per heavy atom. The third kappa shape index (κ3) is 3.94. The molecular weight excluding hydrogens is 352 g/mol. The third-order valence-corrected chi connectivity index (χ3v) is 6.21. The summed E-state index contributed by atoms with van der Waals surface area (Å²) in [5, 5.41) is 1.21. The summed E-state index contributed by atoms with van der Waals surface area (Å²) in [7, 11) is 0. The molecule has 1 atom stereocenters. The lowest BCUT2D eigenvalue weighted by Gasteiger charge is -2.28. The van der Waals surface area contributed by atoms with Crippen molar-refractivity contribution in [3.05, 3.63) is 72.4 Å². The van der Waals surface area contributed by atoms with Gasteiger partial charge in [0.05, 0.1) is 16.6 Å². The summed E-state index contributed by atoms with van der Waals surface area (Å²) < 4.78 is 2.33. The number of hydrogen-bond acceptors (Lipinski definition) is 1. The fourth-order valence-electron chi connectivity index (χ4n) is 4.72. The molecule has 150 valence electrons. The molecule has 0 amide bonds. The predicted molar refractivity (Wildman–Crippen MR) is 125 cm³/mol. The Kier molecular flexibility index (Phi) is 5.45. The lowest BCUT2D eigenvalue weighted by atomic mass is 9.77. The van der Waals surface area contributed by atoms with Crippen LogP contribution in [-0.2, 0) is 0 Å². The van der Waals surface area contributed by atoms with Crippen LogP contribution in [0.2, 0.25) is 0 Å². The molecule has 2 heteroatoms. The normalized spacial score (nSPS) is 13.2. The number of para-hydroxylation sites is 1. The van der Waals surface area contributed by atoms with Crippen LogP contribution in [0.25, 0.3) is 27.6 Å². The monoisotopic (exact) mass is 384 g/mol. The topological polar surface area (TPSA) is 17.8 Å². The second-order valence-electron chi connectivity index (χ2n) is 9.19. The first kappa shape index (κ1) is 19.7. The molecule has 0 fully saturated rings. The fourth-order valence-corrected chi connectivity index (χ4v) is 4.72. The van der Waals surface area contributed by atoms with E-state index in [4.69, 9.17) is 0 Å². The van der Waals surface area contributed by atoms with Gasteiger partial charge in [-0.25, -0.2) is 0 Å². The maximum atomic E-state index is 4.65. The van der Waals surface area contributed by atoms with Crippen LogP contribution in [0.1, 0.15) is 64.9 Å². The molecule has 0 saturated carbocycles. The van der Waals surface area contributed by atoms with E-state index in [-0.39, 0.29) is 0 Å². The minimum atomic E-state index is 0.395. The molecule has 2 aromatic carbocycles. The highest BCUT2D eigenvalue weighted by molar-refractivity contribution is 6.06. The van der Waals surface area contributed by atoms with Crippen molar-refractivity contribution in [1.29, 1.82) is 0 Å². The number of unbranched alkanes of at least 4 members (excludes halogenated alkanes) is 1. The molecule has 2 aromatic heterocycles. The van der Waals surface area contributed by atoms with Crippen LogP contribution in [-0.4, -0.2) is 9.55 Å². The molecule has 0 aliphatic carbocycles. The zero-order valence-electron chi connectivity index (χ0n) is 18.2. The van der Waals surface area contributed by atoms with Gasteiger partial charge in [0, 0.05) is 17.3 Å². The standard InChI is InChI=1S/C27H32N2/c1-5-6-17-27(3,4)19-20(2)21-13-15-22(16-14-21)29-24-11-8-7-10-23(24)26-25(29)12-9-18-28-26/h7-16,18,20H,5-6,17,19H2,1-4H3. The SMILES string of the molecule is CCCCC(C)(C)CC(C)c1ccc(-n2c3ccccc3c3ncccc32)cc1. The van der Waals surface area contributed by atoms with Crippen molar-refractivity contribution in [1.82, 2.24) is 9.55 Å². The predicted octanol–water partition coefficient (Wildman–Crippen LogP) is 7.89. The summed E-state index contributed by atoms with van der Waals surface area (Å²) in [6.45, 7) is 9.48.